The maximum Gasteiger partial charge on any atom is 0.309 e. The van der Waals surface area contributed by atoms with E-state index in [-0.39, 0.29) is 42.0 Å². The number of nitrogens with one attached hydrogen (secondary N) is 1. The van der Waals surface area contributed by atoms with Gasteiger partial charge >= 0.3 is 5.97 Å². The minimum absolute atomic E-state index is 0.0124. The Kier molecular flexibility index (Phi) is 4.81. The van der Waals surface area contributed by atoms with Gasteiger partial charge in [0.15, 0.2) is 12.4 Å². The van der Waals surface area contributed by atoms with Crippen LogP contribution in [0.2, 0.25) is 0 Å². The molecule has 2 bridgehead atoms. The number of anilines is 1. The van der Waals surface area contributed by atoms with Crippen molar-refractivity contribution in [2.75, 3.05) is 11.9 Å². The van der Waals surface area contributed by atoms with Gasteiger partial charge in [-0.25, -0.2) is 0 Å². The van der Waals surface area contributed by atoms with Gasteiger partial charge in [0.05, 0.1) is 5.92 Å². The van der Waals surface area contributed by atoms with E-state index < -0.39 is 0 Å². The van der Waals surface area contributed by atoms with E-state index in [0.717, 1.165) is 30.5 Å². The summed E-state index contributed by atoms with van der Waals surface area (Å²) in [5.74, 6) is -0.630. The Labute approximate surface area is 157 Å². The summed E-state index contributed by atoms with van der Waals surface area (Å²) in [5, 5.41) is 2.78. The van der Waals surface area contributed by atoms with Gasteiger partial charge in [0.1, 0.15) is 5.78 Å². The van der Waals surface area contributed by atoms with E-state index in [0.29, 0.717) is 37.0 Å². The molecule has 2 aliphatic carbocycles. The van der Waals surface area contributed by atoms with Crippen LogP contribution in [-0.4, -0.2) is 30.0 Å². The third-order valence-corrected chi connectivity index (χ3v) is 6.05. The third kappa shape index (κ3) is 3.66. The molecule has 2 saturated carbocycles. The fraction of sp³-hybridized carbons (Fsp3) is 0.524. The number of Topliss-reactive ketones (excluding diaryl/α,β-unsaturated/α-hetero) is 2. The van der Waals surface area contributed by atoms with Crippen LogP contribution in [0.25, 0.3) is 0 Å². The highest BCUT2D eigenvalue weighted by atomic mass is 16.5. The average Bonchev–Trinajstić information content (AvgIpc) is 2.65. The molecule has 1 unspecified atom stereocenters. The van der Waals surface area contributed by atoms with E-state index >= 15 is 0 Å². The number of ether oxygens (including phenoxy) is 1. The summed E-state index contributed by atoms with van der Waals surface area (Å²) in [6.07, 6.45) is 4.90. The molecule has 2 fully saturated rings. The molecule has 27 heavy (non-hydrogen) atoms. The maximum absolute atomic E-state index is 12.4. The van der Waals surface area contributed by atoms with Crippen molar-refractivity contribution in [1.82, 2.24) is 0 Å². The molecule has 142 valence electrons. The Morgan fingerprint density at radius 1 is 1.07 bits per heavy atom. The molecular formula is C21H23NO5. The highest BCUT2D eigenvalue weighted by Gasteiger charge is 2.41. The molecule has 1 N–H and O–H groups in total. The number of rotatable bonds is 4. The van der Waals surface area contributed by atoms with Crippen LogP contribution in [-0.2, 0) is 25.5 Å². The molecule has 1 aliphatic heterocycles. The summed E-state index contributed by atoms with van der Waals surface area (Å²) in [4.78, 5) is 48.4. The second-order valence-electron chi connectivity index (χ2n) is 7.85. The lowest BCUT2D eigenvalue weighted by molar-refractivity contribution is -0.152. The number of hydrogen-bond acceptors (Lipinski definition) is 5. The zero-order valence-corrected chi connectivity index (χ0v) is 15.2. The Morgan fingerprint density at radius 3 is 2.56 bits per heavy atom. The van der Waals surface area contributed by atoms with Crippen molar-refractivity contribution >= 4 is 29.1 Å². The van der Waals surface area contributed by atoms with Crippen molar-refractivity contribution in [3.05, 3.63) is 29.3 Å². The van der Waals surface area contributed by atoms with Gasteiger partial charge in [0, 0.05) is 29.5 Å². The molecule has 1 heterocycles. The second kappa shape index (κ2) is 7.25. The van der Waals surface area contributed by atoms with Crippen molar-refractivity contribution in [1.29, 1.82) is 0 Å². The lowest BCUT2D eigenvalue weighted by Gasteiger charge is -2.36. The molecule has 3 aliphatic rings. The monoisotopic (exact) mass is 369 g/mol. The first-order chi connectivity index (χ1) is 13.0. The Balaban J connectivity index is 1.35. The first kappa shape index (κ1) is 17.9. The number of hydrogen-bond donors (Lipinski definition) is 1. The van der Waals surface area contributed by atoms with Gasteiger partial charge in [0.2, 0.25) is 5.91 Å². The number of ketones is 2. The topological polar surface area (TPSA) is 89.5 Å². The predicted molar refractivity (Wildman–Crippen MR) is 97.2 cm³/mol. The molecule has 4 rings (SSSR count). The zero-order chi connectivity index (χ0) is 19.0. The molecule has 0 saturated heterocycles. The normalized spacial score (nSPS) is 26.7. The number of aryl methyl sites for hydroxylation is 1. The van der Waals surface area contributed by atoms with E-state index in [9.17, 15) is 19.2 Å². The predicted octanol–water partition coefficient (Wildman–Crippen LogP) is 2.69. The number of carbonyl (C=O) groups is 4. The molecule has 0 radical (unpaired) electrons. The van der Waals surface area contributed by atoms with Crippen LogP contribution in [0.15, 0.2) is 18.2 Å². The first-order valence-electron chi connectivity index (χ1n) is 9.67. The lowest BCUT2D eigenvalue weighted by atomic mass is 9.67. The molecule has 3 atom stereocenters. The SMILES string of the molecule is O=C1CCc2cc(C(=O)COC(=O)C3C[C@H]4CCC[C@@H](C3)C4=O)ccc2N1. The van der Waals surface area contributed by atoms with Gasteiger partial charge in [-0.1, -0.05) is 6.42 Å². The molecule has 1 aromatic carbocycles. The van der Waals surface area contributed by atoms with E-state index in [1.165, 1.54) is 0 Å². The third-order valence-electron chi connectivity index (χ3n) is 6.05. The smallest absolute Gasteiger partial charge is 0.309 e. The van der Waals surface area contributed by atoms with Gasteiger partial charge in [-0.15, -0.1) is 0 Å². The molecule has 6 heteroatoms. The van der Waals surface area contributed by atoms with Crippen LogP contribution in [0.3, 0.4) is 0 Å². The Morgan fingerprint density at radius 2 is 1.81 bits per heavy atom. The first-order valence-corrected chi connectivity index (χ1v) is 9.67. The number of esters is 1. The largest absolute Gasteiger partial charge is 0.457 e. The van der Waals surface area contributed by atoms with Crippen molar-refractivity contribution in [3.63, 3.8) is 0 Å². The van der Waals surface area contributed by atoms with Gasteiger partial charge in [-0.3, -0.25) is 19.2 Å². The highest BCUT2D eigenvalue weighted by Crippen LogP contribution is 2.40. The van der Waals surface area contributed by atoms with Crippen LogP contribution in [0.5, 0.6) is 0 Å². The van der Waals surface area contributed by atoms with Crippen LogP contribution in [0, 0.1) is 17.8 Å². The van der Waals surface area contributed by atoms with E-state index in [2.05, 4.69) is 5.32 Å². The van der Waals surface area contributed by atoms with Crippen LogP contribution < -0.4 is 5.32 Å². The van der Waals surface area contributed by atoms with Crippen molar-refractivity contribution in [3.8, 4) is 0 Å². The minimum atomic E-state index is -0.363. The molecule has 1 aromatic rings. The fourth-order valence-corrected chi connectivity index (χ4v) is 4.57. The number of amides is 1. The van der Waals surface area contributed by atoms with E-state index in [4.69, 9.17) is 4.74 Å². The number of fused-ring (bicyclic) bond motifs is 3. The fourth-order valence-electron chi connectivity index (χ4n) is 4.57. The zero-order valence-electron chi connectivity index (χ0n) is 15.2. The van der Waals surface area contributed by atoms with Gasteiger partial charge < -0.3 is 10.1 Å². The molecule has 0 spiro atoms. The minimum Gasteiger partial charge on any atom is -0.457 e. The summed E-state index contributed by atoms with van der Waals surface area (Å²) in [5.41, 5.74) is 2.14. The molecule has 1 amide bonds. The Bertz CT molecular complexity index is 799. The number of benzene rings is 1. The van der Waals surface area contributed by atoms with E-state index in [1.54, 1.807) is 18.2 Å². The highest BCUT2D eigenvalue weighted by molar-refractivity contribution is 6.00. The molecule has 6 nitrogen and oxygen atoms in total. The van der Waals surface area contributed by atoms with Crippen LogP contribution in [0.4, 0.5) is 5.69 Å². The molecule has 0 aromatic heterocycles. The Hall–Kier alpha value is -2.50. The lowest BCUT2D eigenvalue weighted by Crippen LogP contribution is -2.39. The van der Waals surface area contributed by atoms with Gasteiger partial charge in [0.25, 0.3) is 0 Å². The summed E-state index contributed by atoms with van der Waals surface area (Å²) in [6.45, 7) is -0.288. The van der Waals surface area contributed by atoms with Gasteiger partial charge in [-0.2, -0.15) is 0 Å². The second-order valence-corrected chi connectivity index (χ2v) is 7.85. The quantitative estimate of drug-likeness (QED) is 0.651. The standard InChI is InChI=1S/C21H23NO5/c23-18(13-4-6-17-12(8-13)5-7-19(24)22-17)11-27-21(26)16-9-14-2-1-3-15(10-16)20(14)25/h4,6,8,14-16H,1-3,5,7,9-11H2,(H,22,24)/t14-,15+,16?. The summed E-state index contributed by atoms with van der Waals surface area (Å²) in [7, 11) is 0. The average molecular weight is 369 g/mol. The van der Waals surface area contributed by atoms with Gasteiger partial charge in [-0.05, 0) is 55.9 Å². The summed E-state index contributed by atoms with van der Waals surface area (Å²) >= 11 is 0. The van der Waals surface area contributed by atoms with Crippen molar-refractivity contribution in [2.45, 2.75) is 44.9 Å². The van der Waals surface area contributed by atoms with E-state index in [1.807, 2.05) is 0 Å². The summed E-state index contributed by atoms with van der Waals surface area (Å²) in [6, 6.07) is 5.12. The number of carbonyl (C=O) groups excluding carboxylic acids is 4. The van der Waals surface area contributed by atoms with Crippen molar-refractivity contribution in [2.24, 2.45) is 17.8 Å². The maximum atomic E-state index is 12.4. The van der Waals surface area contributed by atoms with Crippen LogP contribution in [0.1, 0.15) is 54.4 Å². The van der Waals surface area contributed by atoms with Crippen LogP contribution >= 0.6 is 0 Å². The van der Waals surface area contributed by atoms with Crippen molar-refractivity contribution < 1.29 is 23.9 Å². The molecular weight excluding hydrogens is 346 g/mol. The summed E-state index contributed by atoms with van der Waals surface area (Å²) < 4.78 is 5.29.